The summed E-state index contributed by atoms with van der Waals surface area (Å²) in [5, 5.41) is 4.96. The fourth-order valence-electron chi connectivity index (χ4n) is 4.48. The Bertz CT molecular complexity index is 1390. The van der Waals surface area contributed by atoms with Gasteiger partial charge in [-0.2, -0.15) is 0 Å². The fourth-order valence-corrected chi connectivity index (χ4v) is 5.91. The largest absolute Gasteiger partial charge is 0.379 e. The summed E-state index contributed by atoms with van der Waals surface area (Å²) < 4.78 is 34.6. The molecule has 0 spiro atoms. The second kappa shape index (κ2) is 8.81. The molecule has 2 atom stereocenters. The first-order chi connectivity index (χ1) is 15.9. The summed E-state index contributed by atoms with van der Waals surface area (Å²) >= 11 is 0. The predicted octanol–water partition coefficient (Wildman–Crippen LogP) is 3.62. The van der Waals surface area contributed by atoms with Gasteiger partial charge in [-0.25, -0.2) is 17.9 Å². The van der Waals surface area contributed by atoms with Crippen molar-refractivity contribution >= 4 is 38.5 Å². The summed E-state index contributed by atoms with van der Waals surface area (Å²) in [5.74, 6) is 0.125. The summed E-state index contributed by atoms with van der Waals surface area (Å²) in [6, 6.07) is 5.89. The third kappa shape index (κ3) is 4.12. The van der Waals surface area contributed by atoms with E-state index in [9.17, 15) is 13.4 Å². The second-order valence-corrected chi connectivity index (χ2v) is 9.91. The molecular weight excluding hydrogens is 443 g/mol. The molecular formula is C24H25FN4O3S. The number of anilines is 1. The van der Waals surface area contributed by atoms with E-state index in [0.29, 0.717) is 60.2 Å². The number of nitrogens with one attached hydrogen (secondary N) is 2. The molecule has 2 unspecified atom stereocenters. The van der Waals surface area contributed by atoms with Crippen LogP contribution in [0.3, 0.4) is 0 Å². The molecule has 33 heavy (non-hydrogen) atoms. The lowest BCUT2D eigenvalue weighted by Gasteiger charge is -2.31. The summed E-state index contributed by atoms with van der Waals surface area (Å²) in [4.78, 5) is 20.9. The number of ether oxygens (including phenoxy) is 1. The molecule has 9 heteroatoms. The molecule has 2 N–H and O–H groups in total. The minimum Gasteiger partial charge on any atom is -0.379 e. The number of hydrogen-bond acceptors (Lipinski definition) is 5. The minimum absolute atomic E-state index is 0.137. The van der Waals surface area contributed by atoms with Crippen molar-refractivity contribution in [2.24, 2.45) is 0 Å². The smallest absolute Gasteiger partial charge is 0.256 e. The van der Waals surface area contributed by atoms with E-state index in [-0.39, 0.29) is 11.6 Å². The fraction of sp³-hybridized carbons (Fsp3) is 0.333. The van der Waals surface area contributed by atoms with Crippen LogP contribution < -0.4 is 10.9 Å². The van der Waals surface area contributed by atoms with Gasteiger partial charge in [-0.1, -0.05) is 11.6 Å². The Morgan fingerprint density at radius 3 is 2.79 bits per heavy atom. The van der Waals surface area contributed by atoms with E-state index in [4.69, 9.17) is 9.72 Å². The maximum atomic E-state index is 13.9. The Labute approximate surface area is 192 Å². The summed E-state index contributed by atoms with van der Waals surface area (Å²) in [5.41, 5.74) is 2.34. The number of pyridine rings is 2. The van der Waals surface area contributed by atoms with Crippen molar-refractivity contribution in [2.45, 2.75) is 26.3 Å². The number of halogens is 1. The average molecular weight is 469 g/mol. The Morgan fingerprint density at radius 1 is 1.21 bits per heavy atom. The topological polar surface area (TPSA) is 87.3 Å². The zero-order valence-corrected chi connectivity index (χ0v) is 19.3. The molecule has 0 bridgehead atoms. The van der Waals surface area contributed by atoms with Gasteiger partial charge >= 0.3 is 0 Å². The first-order valence-electron chi connectivity index (χ1n) is 10.9. The van der Waals surface area contributed by atoms with Crippen LogP contribution in [0, 0.1) is 5.82 Å². The van der Waals surface area contributed by atoms with E-state index >= 15 is 0 Å². The summed E-state index contributed by atoms with van der Waals surface area (Å²) in [6.07, 6.45) is 4.18. The van der Waals surface area contributed by atoms with Crippen LogP contribution in [0.25, 0.3) is 21.7 Å². The lowest BCUT2D eigenvalue weighted by molar-refractivity contribution is 0.0754. The van der Waals surface area contributed by atoms with Gasteiger partial charge in [0.1, 0.15) is 22.6 Å². The van der Waals surface area contributed by atoms with Crippen LogP contribution in [0.4, 0.5) is 10.2 Å². The van der Waals surface area contributed by atoms with Gasteiger partial charge in [-0.15, -0.1) is 0 Å². The molecule has 1 aliphatic carbocycles. The quantitative estimate of drug-likeness (QED) is 0.571. The van der Waals surface area contributed by atoms with Crippen molar-refractivity contribution in [3.8, 4) is 0 Å². The number of nitrogens with zero attached hydrogens (tertiary/aromatic N) is 2. The van der Waals surface area contributed by atoms with Crippen molar-refractivity contribution in [1.29, 1.82) is 0 Å². The third-order valence-electron chi connectivity index (χ3n) is 6.23. The summed E-state index contributed by atoms with van der Waals surface area (Å²) in [6.45, 7) is 6.46. The van der Waals surface area contributed by atoms with E-state index in [1.807, 2.05) is 18.2 Å². The van der Waals surface area contributed by atoms with Gasteiger partial charge in [-0.3, -0.25) is 4.79 Å². The van der Waals surface area contributed by atoms with Crippen molar-refractivity contribution in [3.05, 3.63) is 68.8 Å². The molecule has 172 valence electrons. The lowest BCUT2D eigenvalue weighted by atomic mass is 9.95. The Morgan fingerprint density at radius 2 is 2.00 bits per heavy atom. The van der Waals surface area contributed by atoms with E-state index < -0.39 is 16.8 Å². The second-order valence-electron chi connectivity index (χ2n) is 8.40. The van der Waals surface area contributed by atoms with Crippen LogP contribution in [0.1, 0.15) is 20.3 Å². The van der Waals surface area contributed by atoms with E-state index in [0.717, 1.165) is 16.1 Å². The van der Waals surface area contributed by atoms with Crippen LogP contribution in [-0.2, 0) is 15.7 Å². The molecule has 3 aromatic rings. The van der Waals surface area contributed by atoms with E-state index in [1.165, 1.54) is 12.1 Å². The van der Waals surface area contributed by atoms with Crippen LogP contribution >= 0.6 is 0 Å². The monoisotopic (exact) mass is 468 g/mol. The molecule has 1 fully saturated rings. The highest BCUT2D eigenvalue weighted by Crippen LogP contribution is 2.33. The maximum absolute atomic E-state index is 13.9. The number of benzene rings is 1. The maximum Gasteiger partial charge on any atom is 0.256 e. The van der Waals surface area contributed by atoms with Crippen LogP contribution in [0.15, 0.2) is 57.4 Å². The van der Waals surface area contributed by atoms with Crippen LogP contribution in [-0.4, -0.2) is 50.8 Å². The first-order valence-corrected chi connectivity index (χ1v) is 12.0. The van der Waals surface area contributed by atoms with Gasteiger partial charge in [0.05, 0.1) is 30.2 Å². The van der Waals surface area contributed by atoms with Gasteiger partial charge < -0.3 is 15.0 Å². The van der Waals surface area contributed by atoms with E-state index in [2.05, 4.69) is 16.4 Å². The van der Waals surface area contributed by atoms with Crippen molar-refractivity contribution in [2.75, 3.05) is 31.6 Å². The number of hydrogen-bond donors (Lipinski definition) is 2. The van der Waals surface area contributed by atoms with Crippen LogP contribution in [0.5, 0.6) is 0 Å². The average Bonchev–Trinajstić information content (AvgIpc) is 2.81. The molecule has 3 heterocycles. The highest BCUT2D eigenvalue weighted by atomic mass is 32.2. The van der Waals surface area contributed by atoms with Crippen molar-refractivity contribution in [1.82, 2.24) is 14.3 Å². The number of allylic oxidation sites excluding steroid dienone is 2. The number of rotatable bonds is 4. The molecule has 0 radical (unpaired) electrons. The molecule has 0 amide bonds. The number of aromatic amines is 1. The zero-order valence-electron chi connectivity index (χ0n) is 18.5. The third-order valence-corrected chi connectivity index (χ3v) is 7.97. The molecule has 2 aromatic heterocycles. The number of aromatic nitrogens is 2. The predicted molar refractivity (Wildman–Crippen MR) is 129 cm³/mol. The highest BCUT2D eigenvalue weighted by Gasteiger charge is 2.28. The molecule has 7 nitrogen and oxygen atoms in total. The Balaban J connectivity index is 1.52. The number of morpholine rings is 1. The van der Waals surface area contributed by atoms with Gasteiger partial charge in [-0.05, 0) is 43.7 Å². The van der Waals surface area contributed by atoms with E-state index in [1.54, 1.807) is 18.3 Å². The Hall–Kier alpha value is -2.88. The van der Waals surface area contributed by atoms with Crippen LogP contribution in [0.2, 0.25) is 0 Å². The highest BCUT2D eigenvalue weighted by molar-refractivity contribution is 7.86. The molecule has 1 aliphatic heterocycles. The number of fused-ring (bicyclic) bond motifs is 3. The minimum atomic E-state index is -1.24. The summed E-state index contributed by atoms with van der Waals surface area (Å²) in [7, 11) is -1.24. The standard InChI is InChI=1S/C24H25FN4O3S/c1-14-11-15(2)21(33(31)29-7-9-32-10-8-29)13-20(14)28-23-17-5-6-26-24(30)22(17)18-12-16(25)3-4-19(18)27-23/h3-6,11-12,20H,7-10,13H2,1-2H3,(H,26,30)(H,27,28). The van der Waals surface area contributed by atoms with Gasteiger partial charge in [0.2, 0.25) is 0 Å². The van der Waals surface area contributed by atoms with Gasteiger partial charge in [0, 0.05) is 41.4 Å². The first kappa shape index (κ1) is 21.9. The van der Waals surface area contributed by atoms with Crippen molar-refractivity contribution < 1.29 is 13.3 Å². The normalized spacial score (nSPS) is 20.8. The number of H-pyrrole nitrogens is 1. The Kier molecular flexibility index (Phi) is 5.86. The zero-order chi connectivity index (χ0) is 23.1. The molecule has 2 aliphatic rings. The van der Waals surface area contributed by atoms with Crippen molar-refractivity contribution in [3.63, 3.8) is 0 Å². The van der Waals surface area contributed by atoms with Gasteiger partial charge in [0.25, 0.3) is 5.56 Å². The molecule has 5 rings (SSSR count). The van der Waals surface area contributed by atoms with Gasteiger partial charge in [0.15, 0.2) is 0 Å². The molecule has 0 saturated carbocycles. The SMILES string of the molecule is CC1=CC(C)=C(S(=O)N2CCOCC2)CC1Nc1nc2ccc(F)cc2c2c(=O)[nH]ccc12. The molecule has 1 aromatic carbocycles. The molecule has 1 saturated heterocycles. The lowest BCUT2D eigenvalue weighted by Crippen LogP contribution is -2.39.